The smallest absolute Gasteiger partial charge is 0.321 e. The molecule has 1 aliphatic heterocycles. The molecule has 2 aliphatic carbocycles. The number of hydrogen-bond donors (Lipinski definition) is 2. The van der Waals surface area contributed by atoms with Gasteiger partial charge in [-0.05, 0) is 74.4 Å². The van der Waals surface area contributed by atoms with E-state index in [1.165, 1.54) is 36.8 Å². The molecule has 3 amide bonds. The van der Waals surface area contributed by atoms with Crippen molar-refractivity contribution in [2.45, 2.75) is 76.9 Å². The fraction of sp³-hybridized carbons (Fsp3) is 0.483. The number of anilines is 2. The van der Waals surface area contributed by atoms with Gasteiger partial charge in [-0.3, -0.25) is 4.79 Å². The number of carbonyl (C=O) groups is 2. The Labute approximate surface area is 214 Å². The molecule has 1 fully saturated rings. The number of likely N-dealkylation sites (N-methyl/N-ethyl adjacent to an activating group) is 1. The van der Waals surface area contributed by atoms with E-state index in [1.54, 1.807) is 4.90 Å². The predicted molar refractivity (Wildman–Crippen MR) is 145 cm³/mol. The lowest BCUT2D eigenvalue weighted by atomic mass is 10.0. The van der Waals surface area contributed by atoms with Gasteiger partial charge in [-0.2, -0.15) is 0 Å². The topological polar surface area (TPSA) is 77.0 Å². The van der Waals surface area contributed by atoms with Gasteiger partial charge in [0.2, 0.25) is 6.17 Å². The van der Waals surface area contributed by atoms with Gasteiger partial charge in [0.15, 0.2) is 0 Å². The minimum absolute atomic E-state index is 0.224. The number of benzene rings is 2. The predicted octanol–water partition coefficient (Wildman–Crippen LogP) is 5.09. The summed E-state index contributed by atoms with van der Waals surface area (Å²) >= 11 is 0. The molecular formula is C29H37N5O2. The number of aryl methyl sites for hydroxylation is 2. The van der Waals surface area contributed by atoms with Crippen LogP contribution < -0.4 is 15.5 Å². The summed E-state index contributed by atoms with van der Waals surface area (Å²) in [4.78, 5) is 35.6. The number of nitrogens with zero attached hydrogens (tertiary/aromatic N) is 3. The molecule has 0 saturated heterocycles. The van der Waals surface area contributed by atoms with Crippen molar-refractivity contribution in [3.8, 4) is 0 Å². The number of carbonyl (C=O) groups excluding carboxylic acids is 2. The standard InChI is InChI=1S/C29H37N5O2/c1-3-34-25-16-9-8-15-24(25)27(33(2)23-13-6-4-5-7-14-23)31-26(28(34)35)32-29(36)30-22-18-17-20-11-10-12-21(20)19-22/h8-9,15-19,23,26H,3-7,10-14H2,1-2H3,(H2,30,32,36). The first-order valence-corrected chi connectivity index (χ1v) is 13.5. The first-order valence-electron chi connectivity index (χ1n) is 13.5. The van der Waals surface area contributed by atoms with Crippen molar-refractivity contribution in [3.05, 3.63) is 59.2 Å². The summed E-state index contributed by atoms with van der Waals surface area (Å²) in [7, 11) is 2.08. The summed E-state index contributed by atoms with van der Waals surface area (Å²) in [6, 6.07) is 13.9. The summed E-state index contributed by atoms with van der Waals surface area (Å²) in [5.41, 5.74) is 5.16. The number of hydrogen-bond acceptors (Lipinski definition) is 4. The van der Waals surface area contributed by atoms with E-state index in [0.717, 1.165) is 54.9 Å². The minimum atomic E-state index is -1.00. The van der Waals surface area contributed by atoms with Crippen LogP contribution in [0.1, 0.15) is 68.6 Å². The maximum atomic E-state index is 13.6. The SMILES string of the molecule is CCN1C(=O)C(NC(=O)Nc2ccc3c(c2)CCC3)N=C(N(C)C2CCCCCC2)c2ccccc21. The van der Waals surface area contributed by atoms with Crippen molar-refractivity contribution in [1.29, 1.82) is 0 Å². The minimum Gasteiger partial charge on any atom is -0.356 e. The molecule has 0 radical (unpaired) electrons. The van der Waals surface area contributed by atoms with Gasteiger partial charge in [0.25, 0.3) is 5.91 Å². The fourth-order valence-electron chi connectivity index (χ4n) is 5.87. The summed E-state index contributed by atoms with van der Waals surface area (Å²) < 4.78 is 0. The Kier molecular flexibility index (Phi) is 7.25. The molecule has 3 aliphatic rings. The Hall–Kier alpha value is -3.35. The van der Waals surface area contributed by atoms with Crippen molar-refractivity contribution < 1.29 is 9.59 Å². The average molecular weight is 488 g/mol. The molecule has 190 valence electrons. The van der Waals surface area contributed by atoms with E-state index < -0.39 is 12.2 Å². The largest absolute Gasteiger partial charge is 0.356 e. The molecule has 0 bridgehead atoms. The maximum absolute atomic E-state index is 13.6. The van der Waals surface area contributed by atoms with Gasteiger partial charge in [0.05, 0.1) is 5.69 Å². The average Bonchev–Trinajstić information content (AvgIpc) is 3.12. The molecule has 1 atom stereocenters. The number of rotatable bonds is 4. The number of benzodiazepines with no additional fused rings is 1. The Morgan fingerprint density at radius 1 is 1.03 bits per heavy atom. The lowest BCUT2D eigenvalue weighted by molar-refractivity contribution is -0.120. The number of fused-ring (bicyclic) bond motifs is 2. The number of urea groups is 1. The zero-order valence-electron chi connectivity index (χ0n) is 21.4. The van der Waals surface area contributed by atoms with E-state index >= 15 is 0 Å². The molecule has 7 nitrogen and oxygen atoms in total. The van der Waals surface area contributed by atoms with Crippen LogP contribution in [0.4, 0.5) is 16.2 Å². The molecule has 2 aromatic rings. The van der Waals surface area contributed by atoms with Crippen LogP contribution >= 0.6 is 0 Å². The van der Waals surface area contributed by atoms with Gasteiger partial charge in [-0.25, -0.2) is 9.79 Å². The second-order valence-electron chi connectivity index (χ2n) is 10.1. The molecule has 1 saturated carbocycles. The number of amides is 3. The number of amidine groups is 1. The van der Waals surface area contributed by atoms with Crippen LogP contribution in [0.25, 0.3) is 0 Å². The highest BCUT2D eigenvalue weighted by molar-refractivity contribution is 6.12. The normalized spacial score (nSPS) is 20.1. The second kappa shape index (κ2) is 10.7. The van der Waals surface area contributed by atoms with Crippen LogP contribution in [0.3, 0.4) is 0 Å². The molecule has 7 heteroatoms. The van der Waals surface area contributed by atoms with E-state index in [9.17, 15) is 9.59 Å². The van der Waals surface area contributed by atoms with Crippen LogP contribution in [-0.2, 0) is 17.6 Å². The van der Waals surface area contributed by atoms with Crippen LogP contribution in [0, 0.1) is 0 Å². The lowest BCUT2D eigenvalue weighted by Crippen LogP contribution is -2.49. The van der Waals surface area contributed by atoms with Crippen LogP contribution in [0.15, 0.2) is 47.5 Å². The van der Waals surface area contributed by atoms with Gasteiger partial charge in [0, 0.05) is 30.9 Å². The summed E-state index contributed by atoms with van der Waals surface area (Å²) in [5, 5.41) is 5.79. The van der Waals surface area contributed by atoms with Gasteiger partial charge in [-0.1, -0.05) is 43.9 Å². The summed E-state index contributed by atoms with van der Waals surface area (Å²) in [6.07, 6.45) is 9.45. The first-order chi connectivity index (χ1) is 17.5. The summed E-state index contributed by atoms with van der Waals surface area (Å²) in [5.74, 6) is 0.544. The van der Waals surface area contributed by atoms with Crippen LogP contribution in [0.5, 0.6) is 0 Å². The lowest BCUT2D eigenvalue weighted by Gasteiger charge is -2.31. The first kappa shape index (κ1) is 24.3. The quantitative estimate of drug-likeness (QED) is 0.590. The van der Waals surface area contributed by atoms with Crippen molar-refractivity contribution in [1.82, 2.24) is 10.2 Å². The monoisotopic (exact) mass is 487 g/mol. The molecule has 36 heavy (non-hydrogen) atoms. The second-order valence-corrected chi connectivity index (χ2v) is 10.1. The molecule has 5 rings (SSSR count). The van der Waals surface area contributed by atoms with E-state index in [0.29, 0.717) is 12.6 Å². The molecule has 2 N–H and O–H groups in total. The Morgan fingerprint density at radius 2 is 1.78 bits per heavy atom. The molecule has 2 aromatic carbocycles. The number of para-hydroxylation sites is 1. The van der Waals surface area contributed by atoms with Crippen molar-refractivity contribution in [2.24, 2.45) is 4.99 Å². The van der Waals surface area contributed by atoms with Crippen LogP contribution in [0.2, 0.25) is 0 Å². The van der Waals surface area contributed by atoms with Crippen molar-refractivity contribution in [3.63, 3.8) is 0 Å². The van der Waals surface area contributed by atoms with Crippen molar-refractivity contribution in [2.75, 3.05) is 23.8 Å². The van der Waals surface area contributed by atoms with Crippen LogP contribution in [-0.4, -0.2) is 48.5 Å². The zero-order chi connectivity index (χ0) is 25.1. The highest BCUT2D eigenvalue weighted by Crippen LogP contribution is 2.30. The highest BCUT2D eigenvalue weighted by Gasteiger charge is 2.34. The van der Waals surface area contributed by atoms with Gasteiger partial charge in [0.1, 0.15) is 5.84 Å². The van der Waals surface area contributed by atoms with Crippen molar-refractivity contribution >= 4 is 29.1 Å². The molecule has 1 unspecified atom stereocenters. The number of aliphatic imine (C=N–C) groups is 1. The number of nitrogens with one attached hydrogen (secondary N) is 2. The zero-order valence-corrected chi connectivity index (χ0v) is 21.4. The third-order valence-electron chi connectivity index (χ3n) is 7.83. The van der Waals surface area contributed by atoms with Gasteiger partial charge < -0.3 is 20.4 Å². The highest BCUT2D eigenvalue weighted by atomic mass is 16.2. The van der Waals surface area contributed by atoms with Gasteiger partial charge >= 0.3 is 6.03 Å². The summed E-state index contributed by atoms with van der Waals surface area (Å²) in [6.45, 7) is 2.45. The van der Waals surface area contributed by atoms with E-state index in [2.05, 4.69) is 28.6 Å². The maximum Gasteiger partial charge on any atom is 0.321 e. The molecule has 1 heterocycles. The molecule has 0 aromatic heterocycles. The Balaban J connectivity index is 1.43. The third kappa shape index (κ3) is 4.97. The molecular weight excluding hydrogens is 450 g/mol. The van der Waals surface area contributed by atoms with Gasteiger partial charge in [-0.15, -0.1) is 0 Å². The van der Waals surface area contributed by atoms with E-state index in [-0.39, 0.29) is 5.91 Å². The van der Waals surface area contributed by atoms with E-state index in [1.807, 2.05) is 43.3 Å². The Bertz CT molecular complexity index is 1150. The Morgan fingerprint density at radius 3 is 2.56 bits per heavy atom. The van der Waals surface area contributed by atoms with E-state index in [4.69, 9.17) is 4.99 Å². The fourth-order valence-corrected chi connectivity index (χ4v) is 5.87. The molecule has 0 spiro atoms. The third-order valence-corrected chi connectivity index (χ3v) is 7.83.